The summed E-state index contributed by atoms with van der Waals surface area (Å²) in [4.78, 5) is 27.6. The molecule has 5 nitrogen and oxygen atoms in total. The number of ether oxygens (including phenoxy) is 1. The fourth-order valence-electron chi connectivity index (χ4n) is 4.99. The average Bonchev–Trinajstić information content (AvgIpc) is 2.95. The first kappa shape index (κ1) is 15.6. The maximum Gasteiger partial charge on any atom is 0.248 e. The number of nitrogens with zero attached hydrogens (tertiary/aromatic N) is 1. The highest BCUT2D eigenvalue weighted by molar-refractivity contribution is 5.94. The number of likely N-dealkylation sites (tertiary alicyclic amines) is 1. The molecule has 2 amide bonds. The summed E-state index contributed by atoms with van der Waals surface area (Å²) in [5.41, 5.74) is 1.88. The minimum atomic E-state index is -0.836. The average molecular weight is 328 g/mol. The molecule has 0 radical (unpaired) electrons. The fourth-order valence-corrected chi connectivity index (χ4v) is 4.99. The van der Waals surface area contributed by atoms with Gasteiger partial charge in [-0.3, -0.25) is 9.59 Å². The zero-order valence-electron chi connectivity index (χ0n) is 14.2. The Morgan fingerprint density at radius 2 is 2.17 bits per heavy atom. The summed E-state index contributed by atoms with van der Waals surface area (Å²) in [6, 6.07) is 8.43. The molecule has 4 atom stereocenters. The number of rotatable bonds is 4. The third-order valence-electron chi connectivity index (χ3n) is 6.11. The minimum Gasteiger partial charge on any atom is -0.382 e. The van der Waals surface area contributed by atoms with E-state index < -0.39 is 5.54 Å². The molecule has 1 aromatic carbocycles. The van der Waals surface area contributed by atoms with Gasteiger partial charge in [0, 0.05) is 26.6 Å². The van der Waals surface area contributed by atoms with E-state index in [2.05, 4.69) is 29.6 Å². The molecule has 1 N–H and O–H groups in total. The zero-order chi connectivity index (χ0) is 16.9. The van der Waals surface area contributed by atoms with E-state index in [-0.39, 0.29) is 24.3 Å². The monoisotopic (exact) mass is 328 g/mol. The molecule has 2 aliphatic carbocycles. The van der Waals surface area contributed by atoms with Crippen molar-refractivity contribution in [3.63, 3.8) is 0 Å². The number of likely N-dealkylation sites (N-methyl/N-ethyl adjacent to an activating group) is 1. The van der Waals surface area contributed by atoms with Crippen LogP contribution < -0.4 is 5.32 Å². The maximum atomic E-state index is 13.2. The topological polar surface area (TPSA) is 58.6 Å². The van der Waals surface area contributed by atoms with Crippen molar-refractivity contribution in [2.75, 3.05) is 27.3 Å². The molecule has 0 aromatic heterocycles. The lowest BCUT2D eigenvalue weighted by atomic mass is 9.94. The minimum absolute atomic E-state index is 0.0406. The number of carbonyl (C=O) groups is 2. The van der Waals surface area contributed by atoms with Gasteiger partial charge < -0.3 is 15.0 Å². The van der Waals surface area contributed by atoms with Crippen LogP contribution in [0.2, 0.25) is 0 Å². The van der Waals surface area contributed by atoms with E-state index >= 15 is 0 Å². The summed E-state index contributed by atoms with van der Waals surface area (Å²) >= 11 is 0. The largest absolute Gasteiger partial charge is 0.382 e. The van der Waals surface area contributed by atoms with E-state index in [0.717, 1.165) is 12.8 Å². The van der Waals surface area contributed by atoms with Crippen molar-refractivity contribution in [2.45, 2.75) is 30.7 Å². The summed E-state index contributed by atoms with van der Waals surface area (Å²) < 4.78 is 5.33. The van der Waals surface area contributed by atoms with Crippen molar-refractivity contribution in [2.24, 2.45) is 11.8 Å². The third-order valence-corrected chi connectivity index (χ3v) is 6.11. The lowest BCUT2D eigenvalue weighted by Gasteiger charge is -2.36. The third kappa shape index (κ3) is 2.04. The van der Waals surface area contributed by atoms with Gasteiger partial charge in [0.25, 0.3) is 0 Å². The molecule has 1 saturated carbocycles. The molecule has 0 bridgehead atoms. The number of benzene rings is 1. The molecule has 4 rings (SSSR count). The number of hydrogen-bond acceptors (Lipinski definition) is 3. The molecule has 128 valence electrons. The number of nitrogens with one attached hydrogen (secondary N) is 1. The van der Waals surface area contributed by atoms with Crippen LogP contribution in [-0.4, -0.2) is 49.6 Å². The van der Waals surface area contributed by atoms with Crippen LogP contribution in [-0.2, 0) is 20.7 Å². The lowest BCUT2D eigenvalue weighted by molar-refractivity contribution is -0.149. The second-order valence-electron chi connectivity index (χ2n) is 7.26. The van der Waals surface area contributed by atoms with Crippen molar-refractivity contribution in [3.8, 4) is 0 Å². The van der Waals surface area contributed by atoms with Crippen LogP contribution in [0, 0.1) is 11.8 Å². The Morgan fingerprint density at radius 3 is 2.92 bits per heavy atom. The normalized spacial score (nSPS) is 33.1. The first-order valence-corrected chi connectivity index (χ1v) is 8.74. The number of fused-ring (bicyclic) bond motifs is 3. The highest BCUT2D eigenvalue weighted by atomic mass is 16.5. The van der Waals surface area contributed by atoms with E-state index in [1.54, 1.807) is 19.1 Å². The summed E-state index contributed by atoms with van der Waals surface area (Å²) in [5.74, 6) is 0.831. The molecule has 24 heavy (non-hydrogen) atoms. The van der Waals surface area contributed by atoms with Crippen molar-refractivity contribution in [1.29, 1.82) is 0 Å². The molecule has 1 saturated heterocycles. The predicted octanol–water partition coefficient (Wildman–Crippen LogP) is 1.33. The number of hydrogen-bond donors (Lipinski definition) is 1. The molecular formula is C19H24N2O3. The Kier molecular flexibility index (Phi) is 3.64. The van der Waals surface area contributed by atoms with Gasteiger partial charge in [0.05, 0.1) is 6.61 Å². The van der Waals surface area contributed by atoms with Gasteiger partial charge >= 0.3 is 0 Å². The van der Waals surface area contributed by atoms with Crippen LogP contribution in [0.15, 0.2) is 24.3 Å². The molecule has 2 fully saturated rings. The van der Waals surface area contributed by atoms with Gasteiger partial charge in [0.1, 0.15) is 5.54 Å². The highest BCUT2D eigenvalue weighted by Gasteiger charge is 2.62. The van der Waals surface area contributed by atoms with E-state index in [0.29, 0.717) is 24.8 Å². The summed E-state index contributed by atoms with van der Waals surface area (Å²) in [6.45, 7) is 0.907. The Labute approximate surface area is 142 Å². The van der Waals surface area contributed by atoms with E-state index in [9.17, 15) is 9.59 Å². The Balaban J connectivity index is 1.58. The molecule has 0 spiro atoms. The maximum absolute atomic E-state index is 13.2. The van der Waals surface area contributed by atoms with Crippen molar-refractivity contribution in [3.05, 3.63) is 35.4 Å². The van der Waals surface area contributed by atoms with Gasteiger partial charge in [0.15, 0.2) is 0 Å². The van der Waals surface area contributed by atoms with Gasteiger partial charge in [-0.15, -0.1) is 0 Å². The molecule has 5 heteroatoms. The van der Waals surface area contributed by atoms with E-state index in [1.807, 2.05) is 0 Å². The van der Waals surface area contributed by atoms with Gasteiger partial charge in [-0.1, -0.05) is 24.3 Å². The second kappa shape index (κ2) is 5.59. The molecule has 3 aliphatic rings. The first-order valence-electron chi connectivity index (χ1n) is 8.74. The van der Waals surface area contributed by atoms with Gasteiger partial charge in [-0.05, 0) is 42.2 Å². The van der Waals surface area contributed by atoms with Crippen LogP contribution in [0.5, 0.6) is 0 Å². The molecule has 1 heterocycles. The van der Waals surface area contributed by atoms with Crippen molar-refractivity contribution in [1.82, 2.24) is 10.2 Å². The lowest BCUT2D eigenvalue weighted by Crippen LogP contribution is -2.60. The Morgan fingerprint density at radius 1 is 1.38 bits per heavy atom. The van der Waals surface area contributed by atoms with Crippen LogP contribution >= 0.6 is 0 Å². The molecular weight excluding hydrogens is 304 g/mol. The smallest absolute Gasteiger partial charge is 0.248 e. The van der Waals surface area contributed by atoms with Gasteiger partial charge in [-0.25, -0.2) is 0 Å². The number of methoxy groups -OCH3 is 1. The first-order chi connectivity index (χ1) is 11.6. The van der Waals surface area contributed by atoms with Crippen LogP contribution in [0.1, 0.15) is 29.9 Å². The zero-order valence-corrected chi connectivity index (χ0v) is 14.2. The number of carbonyl (C=O) groups excluding carboxylic acids is 2. The Hall–Kier alpha value is -1.88. The van der Waals surface area contributed by atoms with Crippen molar-refractivity contribution >= 4 is 11.8 Å². The van der Waals surface area contributed by atoms with E-state index in [4.69, 9.17) is 4.74 Å². The highest BCUT2D eigenvalue weighted by Crippen LogP contribution is 2.62. The number of amides is 2. The van der Waals surface area contributed by atoms with Gasteiger partial charge in [0.2, 0.25) is 11.8 Å². The van der Waals surface area contributed by atoms with Crippen molar-refractivity contribution < 1.29 is 14.3 Å². The van der Waals surface area contributed by atoms with E-state index in [1.165, 1.54) is 11.1 Å². The van der Waals surface area contributed by atoms with Crippen LogP contribution in [0.25, 0.3) is 0 Å². The summed E-state index contributed by atoms with van der Waals surface area (Å²) in [6.07, 6.45) is 2.51. The summed E-state index contributed by atoms with van der Waals surface area (Å²) in [5, 5.41) is 2.73. The quantitative estimate of drug-likeness (QED) is 0.907. The molecule has 1 aromatic rings. The predicted molar refractivity (Wildman–Crippen MR) is 89.5 cm³/mol. The Bertz CT molecular complexity index is 689. The van der Waals surface area contributed by atoms with Gasteiger partial charge in [-0.2, -0.15) is 0 Å². The molecule has 4 unspecified atom stereocenters. The fraction of sp³-hybridized carbons (Fsp3) is 0.579. The second-order valence-corrected chi connectivity index (χ2v) is 7.26. The SMILES string of the molecule is CNC(=O)C1(COC)CCCN1C(=O)C1C2Cc3ccccc3C21. The molecule has 1 aliphatic heterocycles. The standard InChI is InChI=1S/C19H24N2O3/c1-20-18(23)19(11-24-2)8-5-9-21(19)17(22)16-14-10-12-6-3-4-7-13(12)15(14)16/h3-4,6-7,14-16H,5,8-11H2,1-2H3,(H,20,23). The van der Waals surface area contributed by atoms with Crippen LogP contribution in [0.4, 0.5) is 0 Å². The summed E-state index contributed by atoms with van der Waals surface area (Å²) in [7, 11) is 3.22. The van der Waals surface area contributed by atoms with Crippen LogP contribution in [0.3, 0.4) is 0 Å².